The van der Waals surface area contributed by atoms with Gasteiger partial charge in [-0.1, -0.05) is 48.5 Å². The van der Waals surface area contributed by atoms with E-state index >= 15 is 0 Å². The number of nitrogens with zero attached hydrogens (tertiary/aromatic N) is 3. The lowest BCUT2D eigenvalue weighted by Gasteiger charge is -2.03. The van der Waals surface area contributed by atoms with Gasteiger partial charge in [-0.05, 0) is 23.8 Å². The summed E-state index contributed by atoms with van der Waals surface area (Å²) in [6, 6.07) is 17.8. The lowest BCUT2D eigenvalue weighted by molar-refractivity contribution is -0.121. The maximum atomic E-state index is 11.8. The summed E-state index contributed by atoms with van der Waals surface area (Å²) >= 11 is 0. The van der Waals surface area contributed by atoms with Crippen LogP contribution in [0.15, 0.2) is 72.1 Å². The molecule has 120 valence electrons. The van der Waals surface area contributed by atoms with Crippen molar-refractivity contribution in [1.82, 2.24) is 15.0 Å². The highest BCUT2D eigenvalue weighted by Crippen LogP contribution is 2.11. The number of imidazole rings is 1. The van der Waals surface area contributed by atoms with E-state index in [9.17, 15) is 4.79 Å². The van der Waals surface area contributed by atoms with Gasteiger partial charge in [-0.25, -0.2) is 10.4 Å². The normalized spacial score (nSPS) is 11.5. The molecule has 5 heteroatoms. The maximum Gasteiger partial charge on any atom is 0.241 e. The molecule has 0 aliphatic heterocycles. The van der Waals surface area contributed by atoms with Gasteiger partial charge >= 0.3 is 0 Å². The van der Waals surface area contributed by atoms with E-state index in [0.717, 1.165) is 16.6 Å². The zero-order valence-corrected chi connectivity index (χ0v) is 13.2. The number of para-hydroxylation sites is 2. The number of aryl methyl sites for hydroxylation is 1. The second-order valence-electron chi connectivity index (χ2n) is 5.26. The number of amides is 1. The number of nitrogens with one attached hydrogen (secondary N) is 1. The van der Waals surface area contributed by atoms with Gasteiger partial charge in [-0.3, -0.25) is 4.79 Å². The van der Waals surface area contributed by atoms with E-state index in [1.54, 1.807) is 18.6 Å². The number of benzene rings is 2. The molecule has 3 rings (SSSR count). The molecule has 0 atom stereocenters. The van der Waals surface area contributed by atoms with Crippen molar-refractivity contribution in [2.24, 2.45) is 5.10 Å². The Morgan fingerprint density at radius 3 is 2.79 bits per heavy atom. The van der Waals surface area contributed by atoms with Crippen LogP contribution in [0.2, 0.25) is 0 Å². The fraction of sp³-hybridized carbons (Fsp3) is 0.105. The Labute approximate surface area is 140 Å². The zero-order chi connectivity index (χ0) is 16.6. The molecule has 1 amide bonds. The summed E-state index contributed by atoms with van der Waals surface area (Å²) in [5.74, 6) is -0.128. The van der Waals surface area contributed by atoms with Crippen molar-refractivity contribution in [2.45, 2.75) is 13.0 Å². The second kappa shape index (κ2) is 7.87. The van der Waals surface area contributed by atoms with Crippen LogP contribution in [0.1, 0.15) is 12.0 Å². The predicted molar refractivity (Wildman–Crippen MR) is 96.5 cm³/mol. The number of hydrogen-bond acceptors (Lipinski definition) is 3. The average Bonchev–Trinajstić information content (AvgIpc) is 3.04. The van der Waals surface area contributed by atoms with Crippen molar-refractivity contribution in [3.63, 3.8) is 0 Å². The summed E-state index contributed by atoms with van der Waals surface area (Å²) in [4.78, 5) is 16.1. The van der Waals surface area contributed by atoms with Crippen LogP contribution in [0.5, 0.6) is 0 Å². The first-order valence-corrected chi connectivity index (χ1v) is 7.76. The molecule has 0 saturated heterocycles. The first-order chi connectivity index (χ1) is 11.8. The summed E-state index contributed by atoms with van der Waals surface area (Å²) in [6.45, 7) is 0.571. The van der Waals surface area contributed by atoms with E-state index in [1.807, 2.05) is 65.2 Å². The van der Waals surface area contributed by atoms with Gasteiger partial charge in [0, 0.05) is 19.2 Å². The predicted octanol–water partition coefficient (Wildman–Crippen LogP) is 3.24. The number of hydrazone groups is 1. The third-order valence-electron chi connectivity index (χ3n) is 3.55. The quantitative estimate of drug-likeness (QED) is 0.560. The Balaban J connectivity index is 1.46. The maximum absolute atomic E-state index is 11.8. The molecule has 1 N–H and O–H groups in total. The molecule has 0 unspecified atom stereocenters. The zero-order valence-electron chi connectivity index (χ0n) is 13.2. The lowest BCUT2D eigenvalue weighted by atomic mass is 10.2. The molecule has 24 heavy (non-hydrogen) atoms. The van der Waals surface area contributed by atoms with Gasteiger partial charge in [0.2, 0.25) is 5.91 Å². The monoisotopic (exact) mass is 318 g/mol. The summed E-state index contributed by atoms with van der Waals surface area (Å²) < 4.78 is 1.97. The smallest absolute Gasteiger partial charge is 0.241 e. The number of hydrogen-bond donors (Lipinski definition) is 1. The van der Waals surface area contributed by atoms with Crippen molar-refractivity contribution in [3.05, 3.63) is 72.6 Å². The second-order valence-corrected chi connectivity index (χ2v) is 5.26. The highest BCUT2D eigenvalue weighted by atomic mass is 16.2. The van der Waals surface area contributed by atoms with Crippen LogP contribution in [0.3, 0.4) is 0 Å². The van der Waals surface area contributed by atoms with E-state index in [0.29, 0.717) is 13.0 Å². The van der Waals surface area contributed by atoms with Crippen molar-refractivity contribution in [3.8, 4) is 0 Å². The molecule has 0 saturated carbocycles. The Hall–Kier alpha value is -3.21. The minimum absolute atomic E-state index is 0.128. The SMILES string of the molecule is O=C(CCn1cnc2ccccc21)NN=C/C=C/c1ccccc1. The van der Waals surface area contributed by atoms with Crippen LogP contribution < -0.4 is 5.43 Å². The van der Waals surface area contributed by atoms with Gasteiger partial charge in [0.25, 0.3) is 0 Å². The van der Waals surface area contributed by atoms with Crippen LogP contribution >= 0.6 is 0 Å². The van der Waals surface area contributed by atoms with Gasteiger partial charge in [0.1, 0.15) is 0 Å². The number of rotatable bonds is 6. The number of carbonyl (C=O) groups excluding carboxylic acids is 1. The molecule has 0 fully saturated rings. The fourth-order valence-corrected chi connectivity index (χ4v) is 2.34. The molecular formula is C19H18N4O. The topological polar surface area (TPSA) is 59.3 Å². The molecule has 0 radical (unpaired) electrons. The van der Waals surface area contributed by atoms with Gasteiger partial charge in [0.15, 0.2) is 0 Å². The Bertz CT molecular complexity index is 865. The van der Waals surface area contributed by atoms with E-state index < -0.39 is 0 Å². The molecule has 0 spiro atoms. The Morgan fingerprint density at radius 1 is 1.12 bits per heavy atom. The van der Waals surface area contributed by atoms with Crippen molar-refractivity contribution >= 4 is 29.2 Å². The molecule has 2 aromatic carbocycles. The molecule has 1 aromatic heterocycles. The number of fused-ring (bicyclic) bond motifs is 1. The summed E-state index contributed by atoms with van der Waals surface area (Å²) in [7, 11) is 0. The minimum atomic E-state index is -0.128. The fourth-order valence-electron chi connectivity index (χ4n) is 2.34. The third kappa shape index (κ3) is 4.16. The highest BCUT2D eigenvalue weighted by Gasteiger charge is 2.04. The van der Waals surface area contributed by atoms with Crippen molar-refractivity contribution < 1.29 is 4.79 Å². The minimum Gasteiger partial charge on any atom is -0.330 e. The summed E-state index contributed by atoms with van der Waals surface area (Å²) in [5.41, 5.74) is 5.57. The number of aromatic nitrogens is 2. The van der Waals surface area contributed by atoms with Gasteiger partial charge in [-0.2, -0.15) is 5.10 Å². The molecule has 0 aliphatic carbocycles. The highest BCUT2D eigenvalue weighted by molar-refractivity contribution is 5.81. The molecule has 1 heterocycles. The van der Waals surface area contributed by atoms with E-state index in [1.165, 1.54) is 0 Å². The van der Waals surface area contributed by atoms with Crippen molar-refractivity contribution in [2.75, 3.05) is 0 Å². The summed E-state index contributed by atoms with van der Waals surface area (Å²) in [5, 5.41) is 3.91. The van der Waals surface area contributed by atoms with Crippen LogP contribution in [-0.2, 0) is 11.3 Å². The standard InChI is InChI=1S/C19H18N4O/c24-19(22-21-13-6-9-16-7-2-1-3-8-16)12-14-23-15-20-17-10-4-5-11-18(17)23/h1-11,13,15H,12,14H2,(H,22,24)/b9-6+,21-13?. The Kier molecular flexibility index (Phi) is 5.14. The van der Waals surface area contributed by atoms with E-state index in [2.05, 4.69) is 15.5 Å². The van der Waals surface area contributed by atoms with E-state index in [-0.39, 0.29) is 5.91 Å². The lowest BCUT2D eigenvalue weighted by Crippen LogP contribution is -2.18. The van der Waals surface area contributed by atoms with Gasteiger partial charge in [0.05, 0.1) is 17.4 Å². The molecular weight excluding hydrogens is 300 g/mol. The largest absolute Gasteiger partial charge is 0.330 e. The first-order valence-electron chi connectivity index (χ1n) is 7.76. The molecule has 5 nitrogen and oxygen atoms in total. The molecule has 0 bridgehead atoms. The van der Waals surface area contributed by atoms with Crippen LogP contribution in [0.4, 0.5) is 0 Å². The third-order valence-corrected chi connectivity index (χ3v) is 3.55. The molecule has 0 aliphatic rings. The summed E-state index contributed by atoms with van der Waals surface area (Å²) in [6.07, 6.45) is 7.38. The first kappa shape index (κ1) is 15.7. The number of allylic oxidation sites excluding steroid dienone is 1. The van der Waals surface area contributed by atoms with Crippen LogP contribution in [0.25, 0.3) is 17.1 Å². The van der Waals surface area contributed by atoms with Gasteiger partial charge < -0.3 is 4.57 Å². The van der Waals surface area contributed by atoms with Crippen LogP contribution in [0, 0.1) is 0 Å². The average molecular weight is 318 g/mol. The number of carbonyl (C=O) groups is 1. The molecule has 3 aromatic rings. The van der Waals surface area contributed by atoms with Crippen molar-refractivity contribution in [1.29, 1.82) is 0 Å². The van der Waals surface area contributed by atoms with E-state index in [4.69, 9.17) is 0 Å². The van der Waals surface area contributed by atoms with Gasteiger partial charge in [-0.15, -0.1) is 0 Å². The van der Waals surface area contributed by atoms with Crippen LogP contribution in [-0.4, -0.2) is 21.7 Å². The Morgan fingerprint density at radius 2 is 1.92 bits per heavy atom.